The summed E-state index contributed by atoms with van der Waals surface area (Å²) < 4.78 is 12.7. The van der Waals surface area contributed by atoms with E-state index in [2.05, 4.69) is 33.1 Å². The normalized spacial score (nSPS) is 15.8. The summed E-state index contributed by atoms with van der Waals surface area (Å²) in [5.41, 5.74) is 5.75. The second kappa shape index (κ2) is 15.7. The molecule has 11 nitrogen and oxygen atoms in total. The Hall–Kier alpha value is -4.94. The molecule has 270 valence electrons. The van der Waals surface area contributed by atoms with E-state index < -0.39 is 0 Å². The van der Waals surface area contributed by atoms with Crippen LogP contribution in [0, 0.1) is 6.92 Å². The van der Waals surface area contributed by atoms with Gasteiger partial charge in [-0.3, -0.25) is 19.4 Å². The molecule has 2 aliphatic heterocycles. The zero-order chi connectivity index (χ0) is 35.6. The van der Waals surface area contributed by atoms with Crippen LogP contribution in [0.25, 0.3) is 11.3 Å². The predicted molar refractivity (Wildman–Crippen MR) is 202 cm³/mol. The van der Waals surface area contributed by atoms with Crippen LogP contribution in [0.4, 0.5) is 11.5 Å². The molecule has 2 amide bonds. The first kappa shape index (κ1) is 36.8. The Bertz CT molecular complexity index is 2070. The third-order valence-electron chi connectivity index (χ3n) is 9.81. The minimum atomic E-state index is -0.368. The molecule has 13 heteroatoms. The van der Waals surface area contributed by atoms with E-state index in [0.717, 1.165) is 31.6 Å². The number of halogens is 2. The van der Waals surface area contributed by atoms with E-state index in [-0.39, 0.29) is 41.8 Å². The first-order valence-electron chi connectivity index (χ1n) is 16.9. The second-order valence-electron chi connectivity index (χ2n) is 12.8. The van der Waals surface area contributed by atoms with Crippen LogP contribution in [0.3, 0.4) is 0 Å². The Morgan fingerprint density at radius 2 is 1.71 bits per heavy atom. The van der Waals surface area contributed by atoms with Gasteiger partial charge in [0.25, 0.3) is 11.8 Å². The number of fused-ring (bicyclic) bond motifs is 1. The Morgan fingerprint density at radius 3 is 2.40 bits per heavy atom. The summed E-state index contributed by atoms with van der Waals surface area (Å²) in [5, 5.41) is 10.5. The largest absolute Gasteiger partial charge is 0.508 e. The summed E-state index contributed by atoms with van der Waals surface area (Å²) in [6.07, 6.45) is 3.65. The zero-order valence-electron chi connectivity index (χ0n) is 29.2. The van der Waals surface area contributed by atoms with Crippen molar-refractivity contribution in [2.75, 3.05) is 44.9 Å². The number of benzene rings is 3. The number of aromatic hydroxyl groups is 1. The lowest BCUT2D eigenvalue weighted by atomic mass is 9.92. The summed E-state index contributed by atoms with van der Waals surface area (Å²) in [6, 6.07) is 21.7. The van der Waals surface area contributed by atoms with Gasteiger partial charge < -0.3 is 24.0 Å². The number of morpholine rings is 1. The third kappa shape index (κ3) is 7.35. The van der Waals surface area contributed by atoms with E-state index >= 15 is 0 Å². The molecule has 1 saturated heterocycles. The highest BCUT2D eigenvalue weighted by Crippen LogP contribution is 2.35. The maximum atomic E-state index is 14.8. The van der Waals surface area contributed by atoms with Crippen molar-refractivity contribution in [3.63, 3.8) is 0 Å². The van der Waals surface area contributed by atoms with Crippen molar-refractivity contribution in [3.05, 3.63) is 118 Å². The Labute approximate surface area is 313 Å². The Balaban J connectivity index is 0.00000464. The van der Waals surface area contributed by atoms with E-state index in [1.807, 2.05) is 29.5 Å². The minimum absolute atomic E-state index is 0. The highest BCUT2D eigenvalue weighted by Gasteiger charge is 2.34. The number of carbonyl (C=O) groups excluding carboxylic acids is 2. The average molecular weight is 744 g/mol. The fourth-order valence-electron chi connectivity index (χ4n) is 6.92. The predicted octanol–water partition coefficient (Wildman–Crippen LogP) is 6.46. The summed E-state index contributed by atoms with van der Waals surface area (Å²) in [6.45, 7) is 6.12. The van der Waals surface area contributed by atoms with Gasteiger partial charge in [-0.15, -0.1) is 12.4 Å². The number of aromatic nitrogens is 3. The number of rotatable bonds is 8. The molecule has 5 aromatic rings. The lowest BCUT2D eigenvalue weighted by Crippen LogP contribution is -2.52. The van der Waals surface area contributed by atoms with E-state index in [4.69, 9.17) is 21.1 Å². The molecule has 1 N–H and O–H groups in total. The molecule has 1 atom stereocenters. The molecule has 0 aliphatic carbocycles. The highest BCUT2D eigenvalue weighted by atomic mass is 35.5. The molecule has 0 saturated carbocycles. The molecule has 1 fully saturated rings. The Morgan fingerprint density at radius 1 is 0.981 bits per heavy atom. The fourth-order valence-corrected chi connectivity index (χ4v) is 7.09. The van der Waals surface area contributed by atoms with Gasteiger partial charge in [-0.05, 0) is 73.0 Å². The van der Waals surface area contributed by atoms with Crippen LogP contribution in [0.2, 0.25) is 5.02 Å². The van der Waals surface area contributed by atoms with Crippen LogP contribution < -0.4 is 9.64 Å². The van der Waals surface area contributed by atoms with Gasteiger partial charge in [-0.1, -0.05) is 35.9 Å². The number of hydrogen-bond donors (Lipinski definition) is 1. The number of phenolic OH excluding ortho intramolecular Hbond substituents is 1. The van der Waals surface area contributed by atoms with Crippen LogP contribution in [0.1, 0.15) is 37.5 Å². The lowest BCUT2D eigenvalue weighted by Gasteiger charge is -2.40. The van der Waals surface area contributed by atoms with Crippen molar-refractivity contribution in [2.24, 2.45) is 7.05 Å². The second-order valence-corrected chi connectivity index (χ2v) is 13.3. The molecule has 2 aliphatic rings. The van der Waals surface area contributed by atoms with Crippen molar-refractivity contribution in [2.45, 2.75) is 25.9 Å². The zero-order valence-corrected chi connectivity index (χ0v) is 30.7. The van der Waals surface area contributed by atoms with Gasteiger partial charge in [-0.25, -0.2) is 9.97 Å². The average Bonchev–Trinajstić information content (AvgIpc) is 3.45. The number of anilines is 2. The third-order valence-corrected chi connectivity index (χ3v) is 10.0. The quantitative estimate of drug-likeness (QED) is 0.193. The van der Waals surface area contributed by atoms with Crippen molar-refractivity contribution >= 4 is 47.3 Å². The van der Waals surface area contributed by atoms with Crippen LogP contribution in [-0.2, 0) is 24.8 Å². The number of amides is 2. The van der Waals surface area contributed by atoms with Gasteiger partial charge in [0.15, 0.2) is 5.82 Å². The van der Waals surface area contributed by atoms with E-state index in [9.17, 15) is 14.7 Å². The number of nitrogens with zero attached hydrogens (tertiary/aromatic N) is 6. The first-order chi connectivity index (χ1) is 24.7. The standard InChI is InChI=1S/C39H39ClN6O5.ClH/c1-25-33(39(49)46(29-9-11-31(47)12-10-29)36-21-42-37(50-3)22-41-36)20-35(43(25)2)34-19-28(40)8-13-32(34)38(48)45-23-27-7-5-4-6-26(27)18-30(45)24-44-14-16-51-17-15-44;/h4-13,19-22,30,47H,14-18,23-24H2,1-3H3;1H/t30-;/m0./s1. The molecule has 0 spiro atoms. The van der Waals surface area contributed by atoms with Crippen LogP contribution >= 0.6 is 24.0 Å². The SMILES string of the molecule is COc1cnc(N(C(=O)c2cc(-c3cc(Cl)ccc3C(=O)N3Cc4ccccc4C[C@H]3CN3CCOCC3)n(C)c2C)c2ccc(O)cc2)cn1.Cl. The topological polar surface area (TPSA) is 113 Å². The maximum absolute atomic E-state index is 14.8. The molecule has 0 bridgehead atoms. The minimum Gasteiger partial charge on any atom is -0.508 e. The van der Waals surface area contributed by atoms with E-state index in [1.54, 1.807) is 36.4 Å². The van der Waals surface area contributed by atoms with Gasteiger partial charge in [0.1, 0.15) is 5.75 Å². The van der Waals surface area contributed by atoms with Crippen molar-refractivity contribution in [3.8, 4) is 22.9 Å². The first-order valence-corrected chi connectivity index (χ1v) is 17.2. The summed E-state index contributed by atoms with van der Waals surface area (Å²) in [7, 11) is 3.36. The van der Waals surface area contributed by atoms with Crippen molar-refractivity contribution in [1.82, 2.24) is 24.3 Å². The van der Waals surface area contributed by atoms with Crippen molar-refractivity contribution < 1.29 is 24.2 Å². The number of phenols is 1. The molecule has 7 rings (SSSR count). The van der Waals surface area contributed by atoms with Gasteiger partial charge in [0.2, 0.25) is 5.88 Å². The summed E-state index contributed by atoms with van der Waals surface area (Å²) in [5.74, 6) is 0.171. The number of hydrogen-bond acceptors (Lipinski definition) is 8. The Kier molecular flexibility index (Phi) is 11.2. The molecule has 2 aromatic heterocycles. The van der Waals surface area contributed by atoms with Crippen LogP contribution in [0.5, 0.6) is 11.6 Å². The van der Waals surface area contributed by atoms with Gasteiger partial charge >= 0.3 is 0 Å². The smallest absolute Gasteiger partial charge is 0.265 e. The molecule has 4 heterocycles. The fraction of sp³-hybridized carbons (Fsp3) is 0.282. The maximum Gasteiger partial charge on any atom is 0.265 e. The number of carbonyl (C=O) groups is 2. The number of ether oxygens (including phenoxy) is 2. The molecule has 3 aromatic carbocycles. The van der Waals surface area contributed by atoms with E-state index in [1.165, 1.54) is 42.1 Å². The molecule has 0 radical (unpaired) electrons. The monoisotopic (exact) mass is 742 g/mol. The van der Waals surface area contributed by atoms with Gasteiger partial charge in [-0.2, -0.15) is 0 Å². The summed E-state index contributed by atoms with van der Waals surface area (Å²) in [4.78, 5) is 43.8. The lowest BCUT2D eigenvalue weighted by molar-refractivity contribution is 0.0193. The molecular weight excluding hydrogens is 703 g/mol. The number of methoxy groups -OCH3 is 1. The van der Waals surface area contributed by atoms with Crippen molar-refractivity contribution in [1.29, 1.82) is 0 Å². The molecule has 0 unspecified atom stereocenters. The highest BCUT2D eigenvalue weighted by molar-refractivity contribution is 6.31. The summed E-state index contributed by atoms with van der Waals surface area (Å²) >= 11 is 6.62. The van der Waals surface area contributed by atoms with Gasteiger partial charge in [0.05, 0.1) is 44.0 Å². The molecular formula is C39H40Cl2N6O5. The van der Waals surface area contributed by atoms with Crippen LogP contribution in [0.15, 0.2) is 85.2 Å². The molecule has 52 heavy (non-hydrogen) atoms. The van der Waals surface area contributed by atoms with Gasteiger partial charge in [0, 0.05) is 66.8 Å². The van der Waals surface area contributed by atoms with Crippen LogP contribution in [-0.4, -0.2) is 87.3 Å². The van der Waals surface area contributed by atoms with E-state index in [0.29, 0.717) is 64.4 Å².